The van der Waals surface area contributed by atoms with Crippen molar-refractivity contribution in [1.82, 2.24) is 9.88 Å². The van der Waals surface area contributed by atoms with Gasteiger partial charge in [0.1, 0.15) is 5.69 Å². The topological polar surface area (TPSA) is 36.4 Å². The highest BCUT2D eigenvalue weighted by Gasteiger charge is 2.15. The van der Waals surface area contributed by atoms with Gasteiger partial charge < -0.3 is 9.80 Å². The van der Waals surface area contributed by atoms with Crippen LogP contribution in [-0.2, 0) is 0 Å². The highest BCUT2D eigenvalue weighted by Crippen LogP contribution is 2.20. The number of nitrogens with zero attached hydrogens (tertiary/aromatic N) is 3. The molecule has 0 radical (unpaired) electrons. The number of halogens is 1. The Morgan fingerprint density at radius 2 is 2.28 bits per heavy atom. The van der Waals surface area contributed by atoms with Crippen LogP contribution in [0, 0.1) is 0 Å². The predicted molar refractivity (Wildman–Crippen MR) is 76.1 cm³/mol. The van der Waals surface area contributed by atoms with Crippen molar-refractivity contribution >= 4 is 33.9 Å². The average Bonchev–Trinajstić information content (AvgIpc) is 3.05. The van der Waals surface area contributed by atoms with Gasteiger partial charge in [-0.2, -0.15) is 0 Å². The second kappa shape index (κ2) is 6.50. The Morgan fingerprint density at radius 3 is 2.94 bits per heavy atom. The molecule has 1 aliphatic heterocycles. The molecule has 2 rings (SSSR count). The molecule has 0 amide bonds. The number of likely N-dealkylation sites (N-methyl/N-ethyl adjacent to an activating group) is 1. The van der Waals surface area contributed by atoms with Gasteiger partial charge in [-0.1, -0.05) is 0 Å². The highest BCUT2D eigenvalue weighted by molar-refractivity contribution is 7.13. The molecular weight excluding hydrogens is 270 g/mol. The van der Waals surface area contributed by atoms with Gasteiger partial charge in [-0.05, 0) is 25.9 Å². The Labute approximate surface area is 117 Å². The van der Waals surface area contributed by atoms with Gasteiger partial charge in [-0.15, -0.1) is 22.9 Å². The first-order chi connectivity index (χ1) is 8.70. The van der Waals surface area contributed by atoms with E-state index in [1.165, 1.54) is 37.3 Å². The van der Waals surface area contributed by atoms with E-state index in [4.69, 9.17) is 11.6 Å². The fourth-order valence-electron chi connectivity index (χ4n) is 2.03. The molecule has 0 N–H and O–H groups in total. The maximum atomic E-state index is 11.4. The molecule has 0 saturated carbocycles. The molecule has 1 saturated heterocycles. The Morgan fingerprint density at radius 1 is 1.56 bits per heavy atom. The summed E-state index contributed by atoms with van der Waals surface area (Å²) in [7, 11) is 2.02. The molecule has 0 bridgehead atoms. The molecular formula is C12H18ClN3OS. The number of anilines is 1. The minimum Gasteiger partial charge on any atom is -0.350 e. The second-order valence-electron chi connectivity index (χ2n) is 4.54. The molecule has 0 aliphatic carbocycles. The third kappa shape index (κ3) is 3.43. The van der Waals surface area contributed by atoms with Crippen LogP contribution in [0.25, 0.3) is 0 Å². The van der Waals surface area contributed by atoms with E-state index < -0.39 is 0 Å². The zero-order valence-corrected chi connectivity index (χ0v) is 12.1. The number of Topliss-reactive ketones (excluding diaryl/α,β-unsaturated/α-hetero) is 1. The summed E-state index contributed by atoms with van der Waals surface area (Å²) in [6, 6.07) is 0. The van der Waals surface area contributed by atoms with Gasteiger partial charge in [-0.3, -0.25) is 4.79 Å². The first kappa shape index (κ1) is 13.8. The lowest BCUT2D eigenvalue weighted by molar-refractivity contribution is 0.101. The lowest BCUT2D eigenvalue weighted by Crippen LogP contribution is -2.31. The van der Waals surface area contributed by atoms with E-state index >= 15 is 0 Å². The van der Waals surface area contributed by atoms with E-state index in [9.17, 15) is 4.79 Å². The van der Waals surface area contributed by atoms with Gasteiger partial charge >= 0.3 is 0 Å². The van der Waals surface area contributed by atoms with Gasteiger partial charge in [0.2, 0.25) is 0 Å². The summed E-state index contributed by atoms with van der Waals surface area (Å²) in [5.74, 6) is -0.104. The Kier molecular flexibility index (Phi) is 4.97. The lowest BCUT2D eigenvalue weighted by Gasteiger charge is -2.20. The van der Waals surface area contributed by atoms with Crippen LogP contribution >= 0.6 is 22.9 Å². The van der Waals surface area contributed by atoms with Crippen LogP contribution in [-0.4, -0.2) is 54.8 Å². The molecule has 100 valence electrons. The van der Waals surface area contributed by atoms with Crippen molar-refractivity contribution in [2.24, 2.45) is 0 Å². The summed E-state index contributed by atoms with van der Waals surface area (Å²) in [4.78, 5) is 20.3. The monoisotopic (exact) mass is 287 g/mol. The van der Waals surface area contributed by atoms with Crippen LogP contribution in [0.1, 0.15) is 23.3 Å². The third-order valence-electron chi connectivity index (χ3n) is 3.18. The molecule has 1 aromatic heterocycles. The summed E-state index contributed by atoms with van der Waals surface area (Å²) >= 11 is 7.02. The smallest absolute Gasteiger partial charge is 0.196 e. The molecule has 1 aliphatic rings. The van der Waals surface area contributed by atoms with E-state index in [0.29, 0.717) is 5.69 Å². The largest absolute Gasteiger partial charge is 0.350 e. The Hall–Kier alpha value is -0.650. The van der Waals surface area contributed by atoms with Crippen molar-refractivity contribution in [3.8, 4) is 0 Å². The van der Waals surface area contributed by atoms with Crippen LogP contribution in [0.15, 0.2) is 5.38 Å². The summed E-state index contributed by atoms with van der Waals surface area (Å²) < 4.78 is 0. The molecule has 1 fully saturated rings. The van der Waals surface area contributed by atoms with E-state index in [1.807, 2.05) is 7.05 Å². The number of thiazole rings is 1. The summed E-state index contributed by atoms with van der Waals surface area (Å²) in [5.41, 5.74) is 0.484. The van der Waals surface area contributed by atoms with Gasteiger partial charge in [0.25, 0.3) is 0 Å². The molecule has 4 nitrogen and oxygen atoms in total. The second-order valence-corrected chi connectivity index (χ2v) is 5.65. The number of rotatable bonds is 6. The zero-order valence-electron chi connectivity index (χ0n) is 10.6. The van der Waals surface area contributed by atoms with Gasteiger partial charge in [-0.25, -0.2) is 4.98 Å². The molecule has 18 heavy (non-hydrogen) atoms. The van der Waals surface area contributed by atoms with Crippen LogP contribution in [0.2, 0.25) is 0 Å². The van der Waals surface area contributed by atoms with E-state index in [1.54, 1.807) is 5.38 Å². The number of hydrogen-bond donors (Lipinski definition) is 0. The maximum absolute atomic E-state index is 11.4. The standard InChI is InChI=1S/C12H18ClN3OS/c1-15(6-7-16-4-2-3-5-16)12-14-10(9-18-12)11(17)8-13/h9H,2-8H2,1H3. The first-order valence-electron chi connectivity index (χ1n) is 6.19. The van der Waals surface area contributed by atoms with Crippen molar-refractivity contribution in [1.29, 1.82) is 0 Å². The average molecular weight is 288 g/mol. The van der Waals surface area contributed by atoms with Crippen molar-refractivity contribution in [3.63, 3.8) is 0 Å². The minimum atomic E-state index is -0.105. The summed E-state index contributed by atoms with van der Waals surface area (Å²) in [5, 5.41) is 2.68. The third-order valence-corrected chi connectivity index (χ3v) is 4.37. The molecule has 1 aromatic rings. The van der Waals surface area contributed by atoms with E-state index in [0.717, 1.165) is 18.2 Å². The lowest BCUT2D eigenvalue weighted by atomic mass is 10.3. The van der Waals surface area contributed by atoms with Crippen LogP contribution in [0.3, 0.4) is 0 Å². The fourth-order valence-corrected chi connectivity index (χ4v) is 2.99. The van der Waals surface area contributed by atoms with Crippen LogP contribution in [0.4, 0.5) is 5.13 Å². The molecule has 2 heterocycles. The number of carbonyl (C=O) groups excluding carboxylic acids is 1. The number of aromatic nitrogens is 1. The predicted octanol–water partition coefficient (Wildman–Crippen LogP) is 2.10. The summed E-state index contributed by atoms with van der Waals surface area (Å²) in [6.07, 6.45) is 2.63. The van der Waals surface area contributed by atoms with Crippen molar-refractivity contribution in [2.75, 3.05) is 44.0 Å². The maximum Gasteiger partial charge on any atom is 0.196 e. The SMILES string of the molecule is CN(CCN1CCCC1)c1nc(C(=O)CCl)cs1. The molecule has 0 aromatic carbocycles. The first-order valence-corrected chi connectivity index (χ1v) is 7.60. The number of alkyl halides is 1. The van der Waals surface area contributed by atoms with Crippen molar-refractivity contribution < 1.29 is 4.79 Å². The highest BCUT2D eigenvalue weighted by atomic mass is 35.5. The number of ketones is 1. The molecule has 0 spiro atoms. The molecule has 0 atom stereocenters. The fraction of sp³-hybridized carbons (Fsp3) is 0.667. The van der Waals surface area contributed by atoms with Crippen LogP contribution in [0.5, 0.6) is 0 Å². The number of carbonyl (C=O) groups is 1. The quantitative estimate of drug-likeness (QED) is 0.593. The molecule has 6 heteroatoms. The van der Waals surface area contributed by atoms with Crippen molar-refractivity contribution in [3.05, 3.63) is 11.1 Å². The normalized spacial score (nSPS) is 16.1. The number of hydrogen-bond acceptors (Lipinski definition) is 5. The Balaban J connectivity index is 1.85. The van der Waals surface area contributed by atoms with Gasteiger partial charge in [0.05, 0.1) is 5.88 Å². The van der Waals surface area contributed by atoms with E-state index in [2.05, 4.69) is 14.8 Å². The van der Waals surface area contributed by atoms with Gasteiger partial charge in [0, 0.05) is 25.5 Å². The van der Waals surface area contributed by atoms with Crippen LogP contribution < -0.4 is 4.90 Å². The summed E-state index contributed by atoms with van der Waals surface area (Å²) in [6.45, 7) is 4.43. The van der Waals surface area contributed by atoms with E-state index in [-0.39, 0.29) is 11.7 Å². The Bertz CT molecular complexity index is 404. The van der Waals surface area contributed by atoms with Gasteiger partial charge in [0.15, 0.2) is 10.9 Å². The number of likely N-dealkylation sites (tertiary alicyclic amines) is 1. The van der Waals surface area contributed by atoms with Crippen molar-refractivity contribution in [2.45, 2.75) is 12.8 Å². The minimum absolute atomic E-state index is 0.000660. The molecule has 0 unspecified atom stereocenters. The zero-order chi connectivity index (χ0) is 13.0.